The highest BCUT2D eigenvalue weighted by molar-refractivity contribution is 8.18. The maximum absolute atomic E-state index is 13.0. The van der Waals surface area contributed by atoms with Crippen molar-refractivity contribution in [2.75, 3.05) is 26.2 Å². The molecule has 0 radical (unpaired) electrons. The van der Waals surface area contributed by atoms with Gasteiger partial charge < -0.3 is 4.90 Å². The minimum atomic E-state index is -0.289. The van der Waals surface area contributed by atoms with Gasteiger partial charge in [0.25, 0.3) is 17.1 Å². The highest BCUT2D eigenvalue weighted by atomic mass is 32.2. The molecule has 6 nitrogen and oxygen atoms in total. The lowest BCUT2D eigenvalue weighted by atomic mass is 10.1. The van der Waals surface area contributed by atoms with Crippen LogP contribution in [-0.4, -0.2) is 57.9 Å². The SMILES string of the molecule is O=C(c1ccc(/C=C2\SC(=O)N(Cc3ccccc3)C2=O)cc1)N1CCN(Cc2ccccc2)CC1. The fourth-order valence-corrected chi connectivity index (χ4v) is 5.25. The summed E-state index contributed by atoms with van der Waals surface area (Å²) in [6, 6.07) is 27.1. The van der Waals surface area contributed by atoms with Crippen molar-refractivity contribution in [1.82, 2.24) is 14.7 Å². The molecular formula is C29H27N3O3S. The molecule has 2 saturated heterocycles. The zero-order valence-electron chi connectivity index (χ0n) is 19.9. The third kappa shape index (κ3) is 5.58. The summed E-state index contributed by atoms with van der Waals surface area (Å²) in [7, 11) is 0. The van der Waals surface area contributed by atoms with Gasteiger partial charge >= 0.3 is 0 Å². The van der Waals surface area contributed by atoms with Crippen LogP contribution in [0.3, 0.4) is 0 Å². The van der Waals surface area contributed by atoms with Crippen LogP contribution in [0.25, 0.3) is 6.08 Å². The van der Waals surface area contributed by atoms with E-state index in [1.165, 1.54) is 10.5 Å². The number of rotatable bonds is 6. The van der Waals surface area contributed by atoms with Crippen LogP contribution in [0.5, 0.6) is 0 Å². The second-order valence-corrected chi connectivity index (χ2v) is 9.92. The van der Waals surface area contributed by atoms with Crippen molar-refractivity contribution >= 4 is 34.9 Å². The number of carbonyl (C=O) groups excluding carboxylic acids is 3. The average Bonchev–Trinajstić information content (AvgIpc) is 3.17. The lowest BCUT2D eigenvalue weighted by molar-refractivity contribution is -0.123. The van der Waals surface area contributed by atoms with Gasteiger partial charge in [-0.3, -0.25) is 24.2 Å². The number of thioether (sulfide) groups is 1. The molecule has 7 heteroatoms. The third-order valence-electron chi connectivity index (χ3n) is 6.42. The molecule has 0 N–H and O–H groups in total. The zero-order chi connectivity index (χ0) is 24.9. The molecule has 2 aliphatic rings. The molecule has 3 aromatic rings. The summed E-state index contributed by atoms with van der Waals surface area (Å²) in [5.41, 5.74) is 3.60. The second kappa shape index (κ2) is 10.9. The van der Waals surface area contributed by atoms with E-state index < -0.39 is 0 Å². The van der Waals surface area contributed by atoms with E-state index in [1.54, 1.807) is 18.2 Å². The van der Waals surface area contributed by atoms with Crippen LogP contribution in [0, 0.1) is 0 Å². The molecule has 0 saturated carbocycles. The van der Waals surface area contributed by atoms with Gasteiger partial charge in [-0.05, 0) is 46.7 Å². The van der Waals surface area contributed by atoms with Crippen LogP contribution in [0.15, 0.2) is 89.8 Å². The summed E-state index contributed by atoms with van der Waals surface area (Å²) >= 11 is 0.948. The Labute approximate surface area is 215 Å². The number of carbonyl (C=O) groups is 3. The van der Waals surface area contributed by atoms with E-state index >= 15 is 0 Å². The Kier molecular flexibility index (Phi) is 7.30. The first-order valence-electron chi connectivity index (χ1n) is 12.0. The van der Waals surface area contributed by atoms with Gasteiger partial charge in [0, 0.05) is 38.3 Å². The largest absolute Gasteiger partial charge is 0.336 e. The molecule has 0 aliphatic carbocycles. The predicted molar refractivity (Wildman–Crippen MR) is 142 cm³/mol. The number of nitrogens with zero attached hydrogens (tertiary/aromatic N) is 3. The van der Waals surface area contributed by atoms with Crippen molar-refractivity contribution in [1.29, 1.82) is 0 Å². The molecule has 182 valence electrons. The number of hydrogen-bond acceptors (Lipinski definition) is 5. The minimum absolute atomic E-state index is 0.0177. The molecule has 0 spiro atoms. The molecule has 2 aliphatic heterocycles. The molecule has 2 fully saturated rings. The van der Waals surface area contributed by atoms with Crippen LogP contribution in [-0.2, 0) is 17.9 Å². The first-order valence-corrected chi connectivity index (χ1v) is 12.8. The Bertz CT molecular complexity index is 1270. The lowest BCUT2D eigenvalue weighted by Gasteiger charge is -2.34. The van der Waals surface area contributed by atoms with E-state index in [0.717, 1.165) is 42.5 Å². The Hall–Kier alpha value is -3.68. The first kappa shape index (κ1) is 24.0. The van der Waals surface area contributed by atoms with Gasteiger partial charge in [0.2, 0.25) is 0 Å². The van der Waals surface area contributed by atoms with E-state index in [0.29, 0.717) is 23.6 Å². The molecule has 0 aromatic heterocycles. The lowest BCUT2D eigenvalue weighted by Crippen LogP contribution is -2.48. The van der Waals surface area contributed by atoms with Crippen LogP contribution < -0.4 is 0 Å². The van der Waals surface area contributed by atoms with Crippen LogP contribution in [0.2, 0.25) is 0 Å². The van der Waals surface area contributed by atoms with Crippen LogP contribution in [0.4, 0.5) is 4.79 Å². The van der Waals surface area contributed by atoms with Crippen molar-refractivity contribution in [3.05, 3.63) is 112 Å². The van der Waals surface area contributed by atoms with Gasteiger partial charge in [0.15, 0.2) is 0 Å². The molecule has 0 atom stereocenters. The van der Waals surface area contributed by atoms with Crippen molar-refractivity contribution in [2.45, 2.75) is 13.1 Å². The molecular weight excluding hydrogens is 470 g/mol. The van der Waals surface area contributed by atoms with Crippen LogP contribution in [0.1, 0.15) is 27.0 Å². The molecule has 0 bridgehead atoms. The molecule has 5 rings (SSSR count). The van der Waals surface area contributed by atoms with Gasteiger partial charge in [-0.2, -0.15) is 0 Å². The summed E-state index contributed by atoms with van der Waals surface area (Å²) in [5, 5.41) is -0.270. The van der Waals surface area contributed by atoms with Gasteiger partial charge in [-0.15, -0.1) is 0 Å². The third-order valence-corrected chi connectivity index (χ3v) is 7.33. The van der Waals surface area contributed by atoms with E-state index in [2.05, 4.69) is 29.2 Å². The summed E-state index contributed by atoms with van der Waals surface area (Å²) < 4.78 is 0. The van der Waals surface area contributed by atoms with Gasteiger partial charge in [0.1, 0.15) is 0 Å². The molecule has 3 amide bonds. The number of benzene rings is 3. The molecule has 2 heterocycles. The summed E-state index contributed by atoms with van der Waals surface area (Å²) in [5.74, 6) is -0.272. The fraction of sp³-hybridized carbons (Fsp3) is 0.207. The Balaban J connectivity index is 1.18. The highest BCUT2D eigenvalue weighted by Gasteiger charge is 2.35. The Morgan fingerprint density at radius 1 is 0.750 bits per heavy atom. The maximum atomic E-state index is 13.0. The van der Waals surface area contributed by atoms with E-state index in [-0.39, 0.29) is 23.6 Å². The van der Waals surface area contributed by atoms with E-state index in [1.807, 2.05) is 53.4 Å². The Morgan fingerprint density at radius 2 is 1.33 bits per heavy atom. The Morgan fingerprint density at radius 3 is 1.94 bits per heavy atom. The van der Waals surface area contributed by atoms with Gasteiger partial charge in [-0.1, -0.05) is 72.8 Å². The number of piperazine rings is 1. The standard InChI is InChI=1S/C29H27N3O3S/c33-27(31-17-15-30(16-18-31)20-23-7-3-1-4-8-23)25-13-11-22(12-14-25)19-26-28(34)32(29(35)36-26)21-24-9-5-2-6-10-24/h1-14,19H,15-18,20-21H2/b26-19-. The summed E-state index contributed by atoms with van der Waals surface area (Å²) in [6.07, 6.45) is 1.71. The summed E-state index contributed by atoms with van der Waals surface area (Å²) in [4.78, 5) is 44.1. The van der Waals surface area contributed by atoms with Crippen molar-refractivity contribution in [3.8, 4) is 0 Å². The quantitative estimate of drug-likeness (QED) is 0.454. The normalized spacial score (nSPS) is 17.7. The van der Waals surface area contributed by atoms with E-state index in [4.69, 9.17) is 0 Å². The van der Waals surface area contributed by atoms with E-state index in [9.17, 15) is 14.4 Å². The molecule has 36 heavy (non-hydrogen) atoms. The smallest absolute Gasteiger partial charge is 0.293 e. The molecule has 0 unspecified atom stereocenters. The summed E-state index contributed by atoms with van der Waals surface area (Å²) in [6.45, 7) is 4.24. The number of hydrogen-bond donors (Lipinski definition) is 0. The minimum Gasteiger partial charge on any atom is -0.336 e. The second-order valence-electron chi connectivity index (χ2n) is 8.93. The van der Waals surface area contributed by atoms with Crippen molar-refractivity contribution in [3.63, 3.8) is 0 Å². The average molecular weight is 498 g/mol. The highest BCUT2D eigenvalue weighted by Crippen LogP contribution is 2.33. The maximum Gasteiger partial charge on any atom is 0.293 e. The van der Waals surface area contributed by atoms with Crippen molar-refractivity contribution in [2.24, 2.45) is 0 Å². The predicted octanol–water partition coefficient (Wildman–Crippen LogP) is 4.88. The topological polar surface area (TPSA) is 60.9 Å². The van der Waals surface area contributed by atoms with Gasteiger partial charge in [-0.25, -0.2) is 0 Å². The number of amides is 3. The monoisotopic (exact) mass is 497 g/mol. The molecule has 3 aromatic carbocycles. The number of imide groups is 1. The first-order chi connectivity index (χ1) is 17.6. The van der Waals surface area contributed by atoms with Gasteiger partial charge in [0.05, 0.1) is 11.4 Å². The fourth-order valence-electron chi connectivity index (χ4n) is 4.41. The van der Waals surface area contributed by atoms with Crippen molar-refractivity contribution < 1.29 is 14.4 Å². The van der Waals surface area contributed by atoms with Crippen LogP contribution >= 0.6 is 11.8 Å². The zero-order valence-corrected chi connectivity index (χ0v) is 20.7.